The van der Waals surface area contributed by atoms with Crippen LogP contribution in [0.5, 0.6) is 0 Å². The summed E-state index contributed by atoms with van der Waals surface area (Å²) in [6.45, 7) is 0. The Labute approximate surface area is 79.4 Å². The van der Waals surface area contributed by atoms with Crippen LogP contribution in [-0.2, 0) is 4.79 Å². The van der Waals surface area contributed by atoms with Gasteiger partial charge in [-0.25, -0.2) is 4.79 Å². The smallest absolute Gasteiger partial charge is 0.340 e. The molecule has 14 heavy (non-hydrogen) atoms. The molecule has 0 bridgehead atoms. The summed E-state index contributed by atoms with van der Waals surface area (Å²) in [6, 6.07) is 8.62. The van der Waals surface area contributed by atoms with Crippen LogP contribution in [0.15, 0.2) is 34.7 Å². The van der Waals surface area contributed by atoms with Crippen LogP contribution in [0.4, 0.5) is 0 Å². The molecule has 2 N–H and O–H groups in total. The van der Waals surface area contributed by atoms with Gasteiger partial charge in [0.1, 0.15) is 11.3 Å². The van der Waals surface area contributed by atoms with Gasteiger partial charge in [-0.3, -0.25) is 0 Å². The number of aliphatic carboxylic acids is 1. The number of rotatable bonds is 2. The van der Waals surface area contributed by atoms with Crippen molar-refractivity contribution in [1.29, 1.82) is 0 Å². The van der Waals surface area contributed by atoms with Crippen LogP contribution in [0.2, 0.25) is 0 Å². The lowest BCUT2D eigenvalue weighted by molar-refractivity contribution is -0.147. The maximum absolute atomic E-state index is 10.5. The van der Waals surface area contributed by atoms with Crippen LogP contribution in [0.3, 0.4) is 0 Å². The van der Waals surface area contributed by atoms with E-state index in [9.17, 15) is 9.90 Å². The molecule has 0 saturated carbocycles. The Hall–Kier alpha value is -1.81. The quantitative estimate of drug-likeness (QED) is 0.757. The molecule has 4 heteroatoms. The molecule has 72 valence electrons. The molecule has 4 nitrogen and oxygen atoms in total. The lowest BCUT2D eigenvalue weighted by Crippen LogP contribution is -2.08. The summed E-state index contributed by atoms with van der Waals surface area (Å²) in [7, 11) is 0. The van der Waals surface area contributed by atoms with Crippen molar-refractivity contribution in [2.24, 2.45) is 0 Å². The highest BCUT2D eigenvalue weighted by atomic mass is 16.4. The average Bonchev–Trinajstić information content (AvgIpc) is 2.59. The number of hydrogen-bond acceptors (Lipinski definition) is 3. The van der Waals surface area contributed by atoms with Crippen molar-refractivity contribution in [1.82, 2.24) is 0 Å². The zero-order valence-electron chi connectivity index (χ0n) is 7.18. The van der Waals surface area contributed by atoms with Crippen molar-refractivity contribution in [2.45, 2.75) is 6.10 Å². The molecule has 1 heterocycles. The van der Waals surface area contributed by atoms with Crippen molar-refractivity contribution >= 4 is 16.9 Å². The Morgan fingerprint density at radius 1 is 1.36 bits per heavy atom. The maximum atomic E-state index is 10.5. The third-order valence-electron chi connectivity index (χ3n) is 1.95. The number of carboxylic acids is 1. The second kappa shape index (κ2) is 3.16. The molecule has 0 radical (unpaired) electrons. The molecular formula is C10H8O4. The number of aliphatic hydroxyl groups excluding tert-OH is 1. The second-order valence-electron chi connectivity index (χ2n) is 2.93. The van der Waals surface area contributed by atoms with Gasteiger partial charge in [0.2, 0.25) is 6.10 Å². The zero-order valence-corrected chi connectivity index (χ0v) is 7.18. The summed E-state index contributed by atoms with van der Waals surface area (Å²) in [5.41, 5.74) is 0.572. The number of carbonyl (C=O) groups is 1. The number of fused-ring (bicyclic) bond motifs is 1. The molecule has 0 aliphatic carbocycles. The predicted molar refractivity (Wildman–Crippen MR) is 48.8 cm³/mol. The molecule has 0 aliphatic heterocycles. The van der Waals surface area contributed by atoms with Gasteiger partial charge in [-0.2, -0.15) is 0 Å². The first-order valence-electron chi connectivity index (χ1n) is 4.08. The highest BCUT2D eigenvalue weighted by Gasteiger charge is 2.20. The summed E-state index contributed by atoms with van der Waals surface area (Å²) >= 11 is 0. The monoisotopic (exact) mass is 192 g/mol. The number of aliphatic hydroxyl groups is 1. The van der Waals surface area contributed by atoms with Crippen LogP contribution in [0.25, 0.3) is 11.0 Å². The summed E-state index contributed by atoms with van der Waals surface area (Å²) < 4.78 is 5.16. The highest BCUT2D eigenvalue weighted by molar-refractivity contribution is 5.80. The summed E-state index contributed by atoms with van der Waals surface area (Å²) in [4.78, 5) is 10.5. The molecule has 0 fully saturated rings. The van der Waals surface area contributed by atoms with E-state index < -0.39 is 12.1 Å². The van der Waals surface area contributed by atoms with Crippen molar-refractivity contribution in [3.8, 4) is 0 Å². The van der Waals surface area contributed by atoms with E-state index in [1.807, 2.05) is 6.07 Å². The van der Waals surface area contributed by atoms with Crippen LogP contribution in [0, 0.1) is 0 Å². The first-order valence-corrected chi connectivity index (χ1v) is 4.08. The molecule has 0 saturated heterocycles. The summed E-state index contributed by atoms with van der Waals surface area (Å²) in [5, 5.41) is 18.5. The van der Waals surface area contributed by atoms with E-state index in [1.165, 1.54) is 6.07 Å². The van der Waals surface area contributed by atoms with E-state index in [-0.39, 0.29) is 5.76 Å². The average molecular weight is 192 g/mol. The SMILES string of the molecule is O=C(O)[C@@H](O)c1cc2ccccc2o1. The number of furan rings is 1. The zero-order chi connectivity index (χ0) is 10.1. The molecule has 1 aromatic heterocycles. The van der Waals surface area contributed by atoms with Gasteiger partial charge in [-0.15, -0.1) is 0 Å². The van der Waals surface area contributed by atoms with Crippen LogP contribution in [0.1, 0.15) is 11.9 Å². The number of para-hydroxylation sites is 1. The van der Waals surface area contributed by atoms with Gasteiger partial charge in [0.15, 0.2) is 0 Å². The van der Waals surface area contributed by atoms with Gasteiger partial charge >= 0.3 is 5.97 Å². The second-order valence-corrected chi connectivity index (χ2v) is 2.93. The van der Waals surface area contributed by atoms with Crippen molar-refractivity contribution in [3.63, 3.8) is 0 Å². The fourth-order valence-electron chi connectivity index (χ4n) is 1.26. The van der Waals surface area contributed by atoms with E-state index in [0.717, 1.165) is 5.39 Å². The molecule has 1 aromatic carbocycles. The van der Waals surface area contributed by atoms with Crippen molar-refractivity contribution in [2.75, 3.05) is 0 Å². The van der Waals surface area contributed by atoms with Crippen molar-refractivity contribution < 1.29 is 19.4 Å². The highest BCUT2D eigenvalue weighted by Crippen LogP contribution is 2.23. The van der Waals surface area contributed by atoms with Gasteiger partial charge in [0.25, 0.3) is 0 Å². The van der Waals surface area contributed by atoms with Crippen LogP contribution in [-0.4, -0.2) is 16.2 Å². The van der Waals surface area contributed by atoms with E-state index in [1.54, 1.807) is 18.2 Å². The van der Waals surface area contributed by atoms with E-state index in [4.69, 9.17) is 9.52 Å². The maximum Gasteiger partial charge on any atom is 0.340 e. The van der Waals surface area contributed by atoms with Gasteiger partial charge in [0, 0.05) is 5.39 Å². The number of carboxylic acid groups (broad SMARTS) is 1. The molecule has 2 rings (SSSR count). The third-order valence-corrected chi connectivity index (χ3v) is 1.95. The summed E-state index contributed by atoms with van der Waals surface area (Å²) in [5.74, 6) is -1.26. The van der Waals surface area contributed by atoms with Gasteiger partial charge in [-0.05, 0) is 12.1 Å². The summed E-state index contributed by atoms with van der Waals surface area (Å²) in [6.07, 6.45) is -1.60. The molecule has 0 unspecified atom stereocenters. The van der Waals surface area contributed by atoms with Crippen LogP contribution < -0.4 is 0 Å². The Morgan fingerprint density at radius 3 is 2.71 bits per heavy atom. The standard InChI is InChI=1S/C10H8O4/c11-9(10(12)13)8-5-6-3-1-2-4-7(6)14-8/h1-5,9,11H,(H,12,13)/t9-/m0/s1. The Morgan fingerprint density at radius 2 is 2.07 bits per heavy atom. The van der Waals surface area contributed by atoms with Crippen molar-refractivity contribution in [3.05, 3.63) is 36.1 Å². The van der Waals surface area contributed by atoms with E-state index >= 15 is 0 Å². The number of hydrogen-bond donors (Lipinski definition) is 2. The molecule has 0 aliphatic rings. The molecular weight excluding hydrogens is 184 g/mol. The first kappa shape index (κ1) is 8.77. The Balaban J connectivity index is 2.50. The predicted octanol–water partition coefficient (Wildman–Crippen LogP) is 1.55. The van der Waals surface area contributed by atoms with Gasteiger partial charge in [0.05, 0.1) is 0 Å². The Kier molecular flexibility index (Phi) is 1.98. The minimum atomic E-state index is -1.60. The largest absolute Gasteiger partial charge is 0.479 e. The Bertz CT molecular complexity index is 439. The van der Waals surface area contributed by atoms with E-state index in [2.05, 4.69) is 0 Å². The fraction of sp³-hybridized carbons (Fsp3) is 0.100. The normalized spacial score (nSPS) is 12.9. The lowest BCUT2D eigenvalue weighted by atomic mass is 10.2. The minimum Gasteiger partial charge on any atom is -0.479 e. The topological polar surface area (TPSA) is 70.7 Å². The molecule has 2 aromatic rings. The minimum absolute atomic E-state index is 0.0544. The van der Waals surface area contributed by atoms with Gasteiger partial charge in [-0.1, -0.05) is 18.2 Å². The lowest BCUT2D eigenvalue weighted by Gasteiger charge is -1.98. The van der Waals surface area contributed by atoms with Crippen LogP contribution >= 0.6 is 0 Å². The first-order chi connectivity index (χ1) is 6.68. The number of benzene rings is 1. The fourth-order valence-corrected chi connectivity index (χ4v) is 1.26. The molecule has 0 spiro atoms. The van der Waals surface area contributed by atoms with Gasteiger partial charge < -0.3 is 14.6 Å². The molecule has 0 amide bonds. The molecule has 1 atom stereocenters. The van der Waals surface area contributed by atoms with E-state index in [0.29, 0.717) is 5.58 Å². The third kappa shape index (κ3) is 1.36.